The molecule has 1 aromatic heterocycles. The molecule has 1 fully saturated rings. The monoisotopic (exact) mass is 501 g/mol. The summed E-state index contributed by atoms with van der Waals surface area (Å²) in [6, 6.07) is 7.05. The van der Waals surface area contributed by atoms with Gasteiger partial charge in [-0.15, -0.1) is 0 Å². The molecule has 0 spiro atoms. The third-order valence-corrected chi connectivity index (χ3v) is 5.86. The lowest BCUT2D eigenvalue weighted by molar-refractivity contribution is -0.145. The molecule has 1 aromatic carbocycles. The summed E-state index contributed by atoms with van der Waals surface area (Å²) in [4.78, 5) is 35.0. The van der Waals surface area contributed by atoms with Gasteiger partial charge in [0.1, 0.15) is 0 Å². The van der Waals surface area contributed by atoms with E-state index in [0.717, 1.165) is 11.4 Å². The van der Waals surface area contributed by atoms with Gasteiger partial charge in [-0.25, -0.2) is 15.4 Å². The van der Waals surface area contributed by atoms with Crippen LogP contribution in [0.4, 0.5) is 0 Å². The van der Waals surface area contributed by atoms with Crippen LogP contribution in [0.25, 0.3) is 0 Å². The molecule has 0 bridgehead atoms. The van der Waals surface area contributed by atoms with Gasteiger partial charge in [0.15, 0.2) is 23.3 Å². The van der Waals surface area contributed by atoms with Crippen molar-refractivity contribution in [3.05, 3.63) is 41.2 Å². The van der Waals surface area contributed by atoms with Gasteiger partial charge in [0.05, 0.1) is 31.3 Å². The summed E-state index contributed by atoms with van der Waals surface area (Å²) in [5.74, 6) is 0.670. The number of morpholine rings is 1. The number of nitrogens with one attached hydrogen (secondary N) is 1. The van der Waals surface area contributed by atoms with Gasteiger partial charge in [-0.05, 0) is 57.5 Å². The van der Waals surface area contributed by atoms with Crippen molar-refractivity contribution in [1.29, 1.82) is 0 Å². The maximum atomic E-state index is 12.5. The van der Waals surface area contributed by atoms with Crippen molar-refractivity contribution in [3.8, 4) is 11.5 Å². The van der Waals surface area contributed by atoms with Gasteiger partial charge in [0, 0.05) is 24.5 Å². The summed E-state index contributed by atoms with van der Waals surface area (Å²) in [6.07, 6.45) is 1.49. The Morgan fingerprint density at radius 2 is 1.86 bits per heavy atom. The first-order valence-electron chi connectivity index (χ1n) is 11.2. The first-order valence-corrected chi connectivity index (χ1v) is 12.2. The van der Waals surface area contributed by atoms with E-state index in [1.165, 1.54) is 25.1 Å². The van der Waals surface area contributed by atoms with Crippen LogP contribution in [0.3, 0.4) is 0 Å². The summed E-state index contributed by atoms with van der Waals surface area (Å²) >= 11 is 1.25. The Hall–Kier alpha value is -3.18. The summed E-state index contributed by atoms with van der Waals surface area (Å²) in [7, 11) is 1.52. The second-order valence-corrected chi connectivity index (χ2v) is 9.21. The van der Waals surface area contributed by atoms with Crippen LogP contribution in [0.15, 0.2) is 34.5 Å². The number of hydrogen-bond acceptors (Lipinski definition) is 9. The fourth-order valence-electron chi connectivity index (χ4n) is 3.60. The van der Waals surface area contributed by atoms with Crippen LogP contribution >= 0.6 is 11.8 Å². The Labute approximate surface area is 209 Å². The number of hydrazone groups is 1. The highest BCUT2D eigenvalue weighted by Gasteiger charge is 2.26. The van der Waals surface area contributed by atoms with Crippen molar-refractivity contribution >= 4 is 29.8 Å². The van der Waals surface area contributed by atoms with E-state index < -0.39 is 0 Å². The number of amides is 2. The highest BCUT2D eigenvalue weighted by molar-refractivity contribution is 7.99. The van der Waals surface area contributed by atoms with E-state index in [1.807, 2.05) is 33.8 Å². The molecule has 3 rings (SSSR count). The minimum Gasteiger partial charge on any atom is -0.493 e. The average Bonchev–Trinajstić information content (AvgIpc) is 2.80. The number of rotatable bonds is 9. The number of nitrogens with zero attached hydrogens (tertiary/aromatic N) is 4. The van der Waals surface area contributed by atoms with Crippen molar-refractivity contribution in [2.45, 2.75) is 45.1 Å². The molecule has 35 heavy (non-hydrogen) atoms. The molecule has 2 amide bonds. The van der Waals surface area contributed by atoms with Crippen LogP contribution in [0.1, 0.15) is 30.8 Å². The molecule has 2 aromatic rings. The summed E-state index contributed by atoms with van der Waals surface area (Å²) in [5.41, 5.74) is 4.90. The number of thioether (sulfide) groups is 1. The average molecular weight is 502 g/mol. The molecule has 2 heterocycles. The topological polar surface area (TPSA) is 115 Å². The number of methoxy groups -OCH3 is 1. The molecule has 188 valence electrons. The van der Waals surface area contributed by atoms with Crippen LogP contribution < -0.4 is 14.9 Å². The lowest BCUT2D eigenvalue weighted by Gasteiger charge is -2.35. The maximum absolute atomic E-state index is 12.5. The first-order chi connectivity index (χ1) is 16.7. The fourth-order valence-corrected chi connectivity index (χ4v) is 4.34. The summed E-state index contributed by atoms with van der Waals surface area (Å²) < 4.78 is 16.8. The molecule has 1 N–H and O–H groups in total. The number of carbonyl (C=O) groups is 2. The highest BCUT2D eigenvalue weighted by Crippen LogP contribution is 2.27. The molecule has 1 saturated heterocycles. The van der Waals surface area contributed by atoms with Crippen LogP contribution in [-0.4, -0.2) is 77.7 Å². The maximum Gasteiger partial charge on any atom is 0.260 e. The smallest absolute Gasteiger partial charge is 0.260 e. The van der Waals surface area contributed by atoms with E-state index in [2.05, 4.69) is 20.5 Å². The second-order valence-electron chi connectivity index (χ2n) is 8.27. The van der Waals surface area contributed by atoms with Gasteiger partial charge >= 0.3 is 0 Å². The fraction of sp³-hybridized carbons (Fsp3) is 0.458. The third-order valence-electron chi connectivity index (χ3n) is 5.01. The minimum absolute atomic E-state index is 0.00467. The van der Waals surface area contributed by atoms with E-state index in [0.29, 0.717) is 35.3 Å². The van der Waals surface area contributed by atoms with Crippen molar-refractivity contribution in [1.82, 2.24) is 20.3 Å². The zero-order valence-corrected chi connectivity index (χ0v) is 21.4. The minimum atomic E-state index is -0.272. The van der Waals surface area contributed by atoms with Gasteiger partial charge < -0.3 is 19.1 Å². The third kappa shape index (κ3) is 8.22. The quantitative estimate of drug-likeness (QED) is 0.241. The van der Waals surface area contributed by atoms with Gasteiger partial charge in [-0.2, -0.15) is 5.10 Å². The predicted molar refractivity (Wildman–Crippen MR) is 133 cm³/mol. The molecular formula is C24H31N5O5S. The Morgan fingerprint density at radius 1 is 1.17 bits per heavy atom. The van der Waals surface area contributed by atoms with Crippen LogP contribution in [0.5, 0.6) is 11.5 Å². The number of aromatic nitrogens is 2. The standard InChI is InChI=1S/C24H31N5O5S/c1-15-8-16(2)27-24(26-15)35-14-22(30)28-25-10-19-6-7-20(21(9-19)32-5)33-13-23(31)29-11-17(3)34-18(4)12-29/h6-10,17-18H,11-14H2,1-5H3,(H,28,30)/b25-10-/t17-,18-/m0/s1. The second kappa shape index (κ2) is 12.5. The molecule has 0 saturated carbocycles. The molecule has 0 aliphatic carbocycles. The van der Waals surface area contributed by atoms with Gasteiger partial charge in [-0.1, -0.05) is 11.8 Å². The van der Waals surface area contributed by atoms with E-state index >= 15 is 0 Å². The Bertz CT molecular complexity index is 1050. The number of aryl methyl sites for hydroxylation is 2. The summed E-state index contributed by atoms with van der Waals surface area (Å²) in [5, 5.41) is 4.55. The highest BCUT2D eigenvalue weighted by atomic mass is 32.2. The van der Waals surface area contributed by atoms with Crippen molar-refractivity contribution < 1.29 is 23.8 Å². The first kappa shape index (κ1) is 26.4. The molecule has 1 aliphatic heterocycles. The Morgan fingerprint density at radius 3 is 2.51 bits per heavy atom. The number of benzene rings is 1. The molecule has 10 nitrogen and oxygen atoms in total. The molecular weight excluding hydrogens is 470 g/mol. The molecule has 0 radical (unpaired) electrons. The molecule has 0 unspecified atom stereocenters. The SMILES string of the molecule is COc1cc(/C=N\NC(=O)CSc2nc(C)cc(C)n2)ccc1OCC(=O)N1C[C@H](C)O[C@@H](C)C1. The largest absolute Gasteiger partial charge is 0.493 e. The molecule has 2 atom stereocenters. The number of carbonyl (C=O) groups excluding carboxylic acids is 2. The van der Waals surface area contributed by atoms with Gasteiger partial charge in [-0.3, -0.25) is 9.59 Å². The zero-order chi connectivity index (χ0) is 25.4. The lowest BCUT2D eigenvalue weighted by Crippen LogP contribution is -2.49. The number of ether oxygens (including phenoxy) is 3. The van der Waals surface area contributed by atoms with Crippen LogP contribution in [0, 0.1) is 13.8 Å². The summed E-state index contributed by atoms with van der Waals surface area (Å²) in [6.45, 7) is 8.65. The van der Waals surface area contributed by atoms with Gasteiger partial charge in [0.25, 0.3) is 11.8 Å². The van der Waals surface area contributed by atoms with E-state index in [9.17, 15) is 9.59 Å². The predicted octanol–water partition coefficient (Wildman–Crippen LogP) is 2.36. The lowest BCUT2D eigenvalue weighted by atomic mass is 10.2. The van der Waals surface area contributed by atoms with Crippen molar-refractivity contribution in [2.75, 3.05) is 32.6 Å². The van der Waals surface area contributed by atoms with Crippen molar-refractivity contribution in [2.24, 2.45) is 5.10 Å². The Kier molecular flexibility index (Phi) is 9.44. The van der Waals surface area contributed by atoms with Gasteiger partial charge in [0.2, 0.25) is 0 Å². The van der Waals surface area contributed by atoms with Crippen molar-refractivity contribution in [3.63, 3.8) is 0 Å². The van der Waals surface area contributed by atoms with E-state index in [4.69, 9.17) is 14.2 Å². The van der Waals surface area contributed by atoms with E-state index in [-0.39, 0.29) is 36.4 Å². The van der Waals surface area contributed by atoms with Crippen LogP contribution in [0.2, 0.25) is 0 Å². The van der Waals surface area contributed by atoms with Crippen LogP contribution in [-0.2, 0) is 14.3 Å². The number of hydrogen-bond donors (Lipinski definition) is 1. The van der Waals surface area contributed by atoms with E-state index in [1.54, 1.807) is 23.1 Å². The normalized spacial score (nSPS) is 17.9. The molecule has 1 aliphatic rings. The Balaban J connectivity index is 1.50. The molecule has 11 heteroatoms. The zero-order valence-electron chi connectivity index (χ0n) is 20.6.